The maximum absolute atomic E-state index is 12.8. The molecule has 1 fully saturated rings. The van der Waals surface area contributed by atoms with E-state index in [1.807, 2.05) is 0 Å². The first-order valence-corrected chi connectivity index (χ1v) is 9.75. The number of fused-ring (bicyclic) bond motifs is 1. The van der Waals surface area contributed by atoms with E-state index >= 15 is 0 Å². The van der Waals surface area contributed by atoms with Gasteiger partial charge in [0.25, 0.3) is 0 Å². The number of halogens is 2. The Labute approximate surface area is 168 Å². The van der Waals surface area contributed by atoms with Gasteiger partial charge in [-0.2, -0.15) is 0 Å². The molecule has 0 radical (unpaired) electrons. The Hall–Kier alpha value is -2.01. The number of nitrogens with zero attached hydrogens (tertiary/aromatic N) is 1. The molecule has 2 aromatic carbocycles. The largest absolute Gasteiger partial charge is 0.507 e. The first kappa shape index (κ1) is 18.4. The SMILES string of the molecule is O=C1/C(=C/c2ccc(Cl)c(Cl)c2)Oc2c1ccc(O)c2CN1CCCCC1. The van der Waals surface area contributed by atoms with E-state index in [-0.39, 0.29) is 17.3 Å². The van der Waals surface area contributed by atoms with E-state index in [2.05, 4.69) is 4.90 Å². The van der Waals surface area contributed by atoms with Crippen molar-refractivity contribution in [3.05, 3.63) is 62.8 Å². The van der Waals surface area contributed by atoms with Gasteiger partial charge in [0, 0.05) is 6.54 Å². The van der Waals surface area contributed by atoms with Crippen LogP contribution in [0.5, 0.6) is 11.5 Å². The molecule has 0 amide bonds. The summed E-state index contributed by atoms with van der Waals surface area (Å²) < 4.78 is 5.90. The number of phenols is 1. The predicted molar refractivity (Wildman–Crippen MR) is 107 cm³/mol. The lowest BCUT2D eigenvalue weighted by Crippen LogP contribution is -2.29. The number of ketones is 1. The van der Waals surface area contributed by atoms with Gasteiger partial charge in [0.1, 0.15) is 11.5 Å². The minimum Gasteiger partial charge on any atom is -0.507 e. The van der Waals surface area contributed by atoms with Crippen LogP contribution in [0.3, 0.4) is 0 Å². The van der Waals surface area contributed by atoms with Crippen LogP contribution in [0.4, 0.5) is 0 Å². The summed E-state index contributed by atoms with van der Waals surface area (Å²) in [5.74, 6) is 0.629. The lowest BCUT2D eigenvalue weighted by atomic mass is 10.0. The van der Waals surface area contributed by atoms with Gasteiger partial charge in [-0.05, 0) is 61.8 Å². The smallest absolute Gasteiger partial charge is 0.231 e. The van der Waals surface area contributed by atoms with Gasteiger partial charge in [-0.1, -0.05) is 35.7 Å². The van der Waals surface area contributed by atoms with Gasteiger partial charge in [-0.25, -0.2) is 0 Å². The molecule has 0 spiro atoms. The second-order valence-corrected chi connectivity index (χ2v) is 7.70. The zero-order valence-corrected chi connectivity index (χ0v) is 16.2. The molecule has 0 unspecified atom stereocenters. The highest BCUT2D eigenvalue weighted by Gasteiger charge is 2.31. The zero-order chi connectivity index (χ0) is 19.0. The van der Waals surface area contributed by atoms with Crippen molar-refractivity contribution in [3.63, 3.8) is 0 Å². The minimum absolute atomic E-state index is 0.155. The number of Topliss-reactive ketones (excluding diaryl/α,β-unsaturated/α-hetero) is 1. The molecule has 0 atom stereocenters. The molecule has 1 N–H and O–H groups in total. The number of hydrogen-bond donors (Lipinski definition) is 1. The fourth-order valence-electron chi connectivity index (χ4n) is 3.54. The summed E-state index contributed by atoms with van der Waals surface area (Å²) in [6, 6.07) is 8.32. The van der Waals surface area contributed by atoms with E-state index in [0.29, 0.717) is 33.5 Å². The number of aromatic hydroxyl groups is 1. The third-order valence-electron chi connectivity index (χ3n) is 4.99. The summed E-state index contributed by atoms with van der Waals surface area (Å²) in [7, 11) is 0. The monoisotopic (exact) mass is 403 g/mol. The maximum Gasteiger partial charge on any atom is 0.231 e. The van der Waals surface area contributed by atoms with Crippen LogP contribution < -0.4 is 4.74 Å². The molecular formula is C21H19Cl2NO3. The van der Waals surface area contributed by atoms with Gasteiger partial charge < -0.3 is 9.84 Å². The predicted octanol–water partition coefficient (Wildman–Crippen LogP) is 5.30. The highest BCUT2D eigenvalue weighted by atomic mass is 35.5. The summed E-state index contributed by atoms with van der Waals surface area (Å²) in [6.45, 7) is 2.55. The average Bonchev–Trinajstić information content (AvgIpc) is 2.97. The number of carbonyl (C=O) groups excluding carboxylic acids is 1. The standard InChI is InChI=1S/C21H19Cl2NO3/c22-16-6-4-13(10-17(16)23)11-19-20(26)14-5-7-18(25)15(21(14)27-19)12-24-8-2-1-3-9-24/h4-7,10-11,25H,1-3,8-9,12H2/b19-11-. The van der Waals surface area contributed by atoms with Crippen LogP contribution in [-0.2, 0) is 6.54 Å². The second-order valence-electron chi connectivity index (χ2n) is 6.89. The third-order valence-corrected chi connectivity index (χ3v) is 5.73. The van der Waals surface area contributed by atoms with Gasteiger partial charge in [-0.15, -0.1) is 0 Å². The summed E-state index contributed by atoms with van der Waals surface area (Å²) in [5.41, 5.74) is 1.87. The average molecular weight is 404 g/mol. The fourth-order valence-corrected chi connectivity index (χ4v) is 3.85. The van der Waals surface area contributed by atoms with E-state index in [4.69, 9.17) is 27.9 Å². The lowest BCUT2D eigenvalue weighted by molar-refractivity contribution is 0.101. The zero-order valence-electron chi connectivity index (χ0n) is 14.7. The Balaban J connectivity index is 1.65. The topological polar surface area (TPSA) is 49.8 Å². The Kier molecular flexibility index (Phi) is 5.13. The quantitative estimate of drug-likeness (QED) is 0.706. The van der Waals surface area contributed by atoms with E-state index < -0.39 is 0 Å². The fraction of sp³-hybridized carbons (Fsp3) is 0.286. The van der Waals surface area contributed by atoms with Crippen molar-refractivity contribution in [3.8, 4) is 11.5 Å². The molecule has 4 nitrogen and oxygen atoms in total. The molecule has 4 rings (SSSR count). The Morgan fingerprint density at radius 3 is 2.59 bits per heavy atom. The molecule has 27 heavy (non-hydrogen) atoms. The number of likely N-dealkylation sites (tertiary alicyclic amines) is 1. The van der Waals surface area contributed by atoms with Crippen molar-refractivity contribution in [2.75, 3.05) is 13.1 Å². The van der Waals surface area contributed by atoms with Crippen molar-refractivity contribution < 1.29 is 14.6 Å². The van der Waals surface area contributed by atoms with E-state index in [0.717, 1.165) is 31.5 Å². The van der Waals surface area contributed by atoms with Crippen molar-refractivity contribution in [1.82, 2.24) is 4.90 Å². The van der Waals surface area contributed by atoms with Crippen LogP contribution in [0.1, 0.15) is 40.7 Å². The molecule has 2 aliphatic rings. The second kappa shape index (κ2) is 7.55. The number of carbonyl (C=O) groups is 1. The van der Waals surface area contributed by atoms with Crippen molar-refractivity contribution in [2.45, 2.75) is 25.8 Å². The van der Waals surface area contributed by atoms with E-state index in [1.165, 1.54) is 6.42 Å². The molecule has 0 aliphatic carbocycles. The number of rotatable bonds is 3. The van der Waals surface area contributed by atoms with Gasteiger partial charge in [0.05, 0.1) is 21.2 Å². The first-order chi connectivity index (χ1) is 13.0. The normalized spacial score (nSPS) is 18.6. The lowest BCUT2D eigenvalue weighted by Gasteiger charge is -2.27. The van der Waals surface area contributed by atoms with E-state index in [9.17, 15) is 9.90 Å². The van der Waals surface area contributed by atoms with Crippen LogP contribution in [0.15, 0.2) is 36.1 Å². The molecule has 2 aliphatic heterocycles. The summed E-state index contributed by atoms with van der Waals surface area (Å²) in [6.07, 6.45) is 5.18. The minimum atomic E-state index is -0.198. The van der Waals surface area contributed by atoms with Gasteiger partial charge in [0.2, 0.25) is 5.78 Å². The third kappa shape index (κ3) is 3.70. The van der Waals surface area contributed by atoms with Crippen LogP contribution in [0, 0.1) is 0 Å². The first-order valence-electron chi connectivity index (χ1n) is 8.99. The number of ether oxygens (including phenoxy) is 1. The summed E-state index contributed by atoms with van der Waals surface area (Å²) in [4.78, 5) is 15.0. The Morgan fingerprint density at radius 1 is 1.07 bits per heavy atom. The summed E-state index contributed by atoms with van der Waals surface area (Å²) >= 11 is 12.0. The highest BCUT2D eigenvalue weighted by molar-refractivity contribution is 6.42. The molecule has 0 saturated carbocycles. The number of piperidine rings is 1. The van der Waals surface area contributed by atoms with Gasteiger partial charge in [0.15, 0.2) is 5.76 Å². The summed E-state index contributed by atoms with van der Waals surface area (Å²) in [5, 5.41) is 11.2. The molecule has 6 heteroatoms. The molecule has 0 aromatic heterocycles. The molecule has 0 bridgehead atoms. The highest BCUT2D eigenvalue weighted by Crippen LogP contribution is 2.40. The van der Waals surface area contributed by atoms with E-state index in [1.54, 1.807) is 36.4 Å². The number of phenolic OH excluding ortho intramolecular Hbond substituents is 1. The van der Waals surface area contributed by atoms with Crippen molar-refractivity contribution in [2.24, 2.45) is 0 Å². The number of allylic oxidation sites excluding steroid dienone is 1. The Bertz CT molecular complexity index is 933. The van der Waals surface area contributed by atoms with Crippen molar-refractivity contribution >= 4 is 35.1 Å². The number of benzene rings is 2. The molecule has 140 valence electrons. The maximum atomic E-state index is 12.8. The molecule has 2 aromatic rings. The van der Waals surface area contributed by atoms with Gasteiger partial charge in [-0.3, -0.25) is 9.69 Å². The van der Waals surface area contributed by atoms with Crippen LogP contribution in [0.25, 0.3) is 6.08 Å². The molecule has 1 saturated heterocycles. The van der Waals surface area contributed by atoms with Crippen LogP contribution in [0.2, 0.25) is 10.0 Å². The van der Waals surface area contributed by atoms with Crippen molar-refractivity contribution in [1.29, 1.82) is 0 Å². The molecular weight excluding hydrogens is 385 g/mol. The molecule has 2 heterocycles. The van der Waals surface area contributed by atoms with Gasteiger partial charge >= 0.3 is 0 Å². The number of hydrogen-bond acceptors (Lipinski definition) is 4. The van der Waals surface area contributed by atoms with Crippen LogP contribution >= 0.6 is 23.2 Å². The van der Waals surface area contributed by atoms with Crippen LogP contribution in [-0.4, -0.2) is 28.9 Å². The Morgan fingerprint density at radius 2 is 1.85 bits per heavy atom.